The number of carbonyl (C=O) groups excluding carboxylic acids is 2. The Bertz CT molecular complexity index is 1040. The molecule has 0 heterocycles. The van der Waals surface area contributed by atoms with Gasteiger partial charge in [0, 0.05) is 13.1 Å². The number of nitrogens with one attached hydrogen (secondary N) is 3. The lowest BCUT2D eigenvalue weighted by molar-refractivity contribution is -0.136. The molecule has 0 aliphatic heterocycles. The van der Waals surface area contributed by atoms with Gasteiger partial charge in [-0.2, -0.15) is 0 Å². The normalized spacial score (nSPS) is 15.8. The Morgan fingerprint density at radius 3 is 1.55 bits per heavy atom. The van der Waals surface area contributed by atoms with Crippen LogP contribution in [0.25, 0.3) is 0 Å². The fourth-order valence-corrected chi connectivity index (χ4v) is 4.08. The minimum Gasteiger partial charge on any atom is -0.444 e. The van der Waals surface area contributed by atoms with Crippen LogP contribution >= 0.6 is 0 Å². The van der Waals surface area contributed by atoms with Crippen LogP contribution in [0, 0.1) is 5.41 Å². The second-order valence-electron chi connectivity index (χ2n) is 12.3. The molecule has 0 aromatic heterocycles. The van der Waals surface area contributed by atoms with Crippen molar-refractivity contribution in [1.29, 1.82) is 0 Å². The molecule has 2 amide bonds. The maximum Gasteiger partial charge on any atom is 0.407 e. The van der Waals surface area contributed by atoms with Crippen LogP contribution in [0.5, 0.6) is 0 Å². The molecule has 0 unspecified atom stereocenters. The fourth-order valence-electron chi connectivity index (χ4n) is 4.08. The van der Waals surface area contributed by atoms with Crippen molar-refractivity contribution in [2.45, 2.75) is 90.4 Å². The second kappa shape index (κ2) is 15.1. The molecule has 0 bridgehead atoms. The second-order valence-corrected chi connectivity index (χ2v) is 12.3. The summed E-state index contributed by atoms with van der Waals surface area (Å²) in [7, 11) is 0. The predicted molar refractivity (Wildman–Crippen MR) is 156 cm³/mol. The Kier molecular flexibility index (Phi) is 12.6. The Hall–Kier alpha value is -2.98. The van der Waals surface area contributed by atoms with Crippen molar-refractivity contribution >= 4 is 12.0 Å². The van der Waals surface area contributed by atoms with Crippen LogP contribution in [-0.2, 0) is 22.4 Å². The van der Waals surface area contributed by atoms with Crippen LogP contribution < -0.4 is 16.0 Å². The number of carbonyl (C=O) groups is 2. The lowest BCUT2D eigenvalue weighted by atomic mass is 9.88. The van der Waals surface area contributed by atoms with Gasteiger partial charge in [-0.25, -0.2) is 4.79 Å². The highest BCUT2D eigenvalue weighted by Crippen LogP contribution is 2.19. The van der Waals surface area contributed by atoms with E-state index < -0.39 is 53.4 Å². The molecule has 0 radical (unpaired) electrons. The van der Waals surface area contributed by atoms with Gasteiger partial charge >= 0.3 is 6.09 Å². The molecule has 2 rings (SSSR count). The molecule has 0 fully saturated rings. The van der Waals surface area contributed by atoms with Crippen molar-refractivity contribution in [1.82, 2.24) is 16.0 Å². The Morgan fingerprint density at radius 2 is 1.15 bits per heavy atom. The van der Waals surface area contributed by atoms with E-state index in [9.17, 15) is 24.9 Å². The first-order valence-corrected chi connectivity index (χ1v) is 13.8. The van der Waals surface area contributed by atoms with E-state index in [4.69, 9.17) is 4.74 Å². The first kappa shape index (κ1) is 33.2. The van der Waals surface area contributed by atoms with Gasteiger partial charge in [-0.3, -0.25) is 4.79 Å². The highest BCUT2D eigenvalue weighted by molar-refractivity contribution is 5.81. The minimum atomic E-state index is -1.24. The number of aliphatic hydroxyl groups excluding tert-OH is 3. The van der Waals surface area contributed by atoms with E-state index in [2.05, 4.69) is 16.0 Å². The number of ether oxygens (including phenoxy) is 1. The summed E-state index contributed by atoms with van der Waals surface area (Å²) in [5, 5.41) is 41.1. The van der Waals surface area contributed by atoms with Gasteiger partial charge in [-0.05, 0) is 50.2 Å². The summed E-state index contributed by atoms with van der Waals surface area (Å²) >= 11 is 0. The summed E-state index contributed by atoms with van der Waals surface area (Å²) < 4.78 is 5.38. The highest BCUT2D eigenvalue weighted by Gasteiger charge is 2.32. The zero-order valence-corrected chi connectivity index (χ0v) is 24.6. The van der Waals surface area contributed by atoms with Crippen LogP contribution in [0.15, 0.2) is 60.7 Å². The minimum absolute atomic E-state index is 0.0605. The van der Waals surface area contributed by atoms with Gasteiger partial charge in [0.1, 0.15) is 11.7 Å². The van der Waals surface area contributed by atoms with Crippen LogP contribution in [0.3, 0.4) is 0 Å². The molecule has 0 aliphatic carbocycles. The fraction of sp³-hybridized carbons (Fsp3) is 0.548. The first-order chi connectivity index (χ1) is 18.7. The average Bonchev–Trinajstić information content (AvgIpc) is 2.86. The number of benzene rings is 2. The molecule has 2 aromatic rings. The van der Waals surface area contributed by atoms with Gasteiger partial charge < -0.3 is 36.0 Å². The number of hydrogen-bond donors (Lipinski definition) is 6. The quantitative estimate of drug-likeness (QED) is 0.222. The molecular weight excluding hydrogens is 510 g/mol. The molecule has 6 N–H and O–H groups in total. The topological polar surface area (TPSA) is 140 Å². The van der Waals surface area contributed by atoms with E-state index in [1.165, 1.54) is 0 Å². The third-order valence-electron chi connectivity index (χ3n) is 6.33. The molecule has 40 heavy (non-hydrogen) atoms. The smallest absolute Gasteiger partial charge is 0.407 e. The summed E-state index contributed by atoms with van der Waals surface area (Å²) in [5.41, 5.74) is 0.504. The SMILES string of the molecule is CC(C)(C)OC(=O)N[C@@H](Cc1ccccc1)[C@H](O)CNC[C@@H](O)[C@H](Cc1ccccc1)NC(=O)[C@@H](O)C(C)(C)C. The molecule has 5 atom stereocenters. The zero-order valence-electron chi connectivity index (χ0n) is 24.6. The number of hydrogen-bond acceptors (Lipinski definition) is 7. The molecular formula is C31H47N3O6. The monoisotopic (exact) mass is 557 g/mol. The van der Waals surface area contributed by atoms with E-state index >= 15 is 0 Å². The van der Waals surface area contributed by atoms with Crippen LogP contribution in [0.2, 0.25) is 0 Å². The van der Waals surface area contributed by atoms with Gasteiger partial charge in [-0.1, -0.05) is 81.4 Å². The number of rotatable bonds is 13. The van der Waals surface area contributed by atoms with Gasteiger partial charge in [0.15, 0.2) is 0 Å². The highest BCUT2D eigenvalue weighted by atomic mass is 16.6. The first-order valence-electron chi connectivity index (χ1n) is 13.8. The average molecular weight is 558 g/mol. The molecule has 0 aliphatic rings. The summed E-state index contributed by atoms with van der Waals surface area (Å²) in [6.07, 6.45) is -3.16. The van der Waals surface area contributed by atoms with Crippen LogP contribution in [0.1, 0.15) is 52.7 Å². The van der Waals surface area contributed by atoms with Gasteiger partial charge in [-0.15, -0.1) is 0 Å². The molecule has 0 saturated carbocycles. The van der Waals surface area contributed by atoms with Crippen molar-refractivity contribution in [3.63, 3.8) is 0 Å². The van der Waals surface area contributed by atoms with Crippen molar-refractivity contribution < 1.29 is 29.6 Å². The summed E-state index contributed by atoms with van der Waals surface area (Å²) in [4.78, 5) is 25.2. The van der Waals surface area contributed by atoms with Gasteiger partial charge in [0.05, 0.1) is 24.3 Å². The molecule has 222 valence electrons. The van der Waals surface area contributed by atoms with Crippen molar-refractivity contribution in [2.75, 3.05) is 13.1 Å². The number of alkyl carbamates (subject to hydrolysis) is 1. The molecule has 9 heteroatoms. The van der Waals surface area contributed by atoms with Gasteiger partial charge in [0.2, 0.25) is 5.91 Å². The van der Waals surface area contributed by atoms with Crippen LogP contribution in [0.4, 0.5) is 4.79 Å². The van der Waals surface area contributed by atoms with Crippen molar-refractivity contribution in [3.8, 4) is 0 Å². The standard InChI is InChI=1S/C31H47N3O6/c1-30(2,3)27(37)28(38)33-23(17-21-13-9-7-10-14-21)25(35)19-32-20-26(36)24(18-22-15-11-8-12-16-22)34-29(39)40-31(4,5)6/h7-16,23-27,32,35-37H,17-20H2,1-6H3,(H,33,38)(H,34,39)/t23-,24-,25+,26+,27+/m0/s1. The van der Waals surface area contributed by atoms with E-state index in [1.807, 2.05) is 60.7 Å². The van der Waals surface area contributed by atoms with Crippen LogP contribution in [-0.4, -0.2) is 76.4 Å². The summed E-state index contributed by atoms with van der Waals surface area (Å²) in [5.74, 6) is -0.558. The summed E-state index contributed by atoms with van der Waals surface area (Å²) in [6.45, 7) is 10.7. The predicted octanol–water partition coefficient (Wildman–Crippen LogP) is 2.57. The number of aliphatic hydroxyl groups is 3. The lowest BCUT2D eigenvalue weighted by Crippen LogP contribution is -2.54. The van der Waals surface area contributed by atoms with E-state index in [0.29, 0.717) is 12.8 Å². The van der Waals surface area contributed by atoms with E-state index in [-0.39, 0.29) is 13.1 Å². The van der Waals surface area contributed by atoms with E-state index in [1.54, 1.807) is 41.5 Å². The van der Waals surface area contributed by atoms with Crippen molar-refractivity contribution in [2.24, 2.45) is 5.41 Å². The zero-order chi connectivity index (χ0) is 29.9. The number of amides is 2. The molecule has 0 saturated heterocycles. The third kappa shape index (κ3) is 12.0. The molecule has 2 aromatic carbocycles. The van der Waals surface area contributed by atoms with Crippen molar-refractivity contribution in [3.05, 3.63) is 71.8 Å². The lowest BCUT2D eigenvalue weighted by Gasteiger charge is -2.30. The maximum atomic E-state index is 12.8. The Labute approximate surface area is 238 Å². The Balaban J connectivity index is 2.06. The maximum absolute atomic E-state index is 12.8. The van der Waals surface area contributed by atoms with Gasteiger partial charge in [0.25, 0.3) is 0 Å². The largest absolute Gasteiger partial charge is 0.444 e. The molecule has 0 spiro atoms. The molecule has 9 nitrogen and oxygen atoms in total. The third-order valence-corrected chi connectivity index (χ3v) is 6.33. The van der Waals surface area contributed by atoms with E-state index in [0.717, 1.165) is 11.1 Å². The Morgan fingerprint density at radius 1 is 0.725 bits per heavy atom. The summed E-state index contributed by atoms with van der Waals surface area (Å²) in [6, 6.07) is 17.6.